The number of pyridine rings is 1. The van der Waals surface area contributed by atoms with Gasteiger partial charge in [0.15, 0.2) is 0 Å². The Balaban J connectivity index is 1.76. The Morgan fingerprint density at radius 1 is 1.14 bits per heavy atom. The van der Waals surface area contributed by atoms with Crippen molar-refractivity contribution >= 4 is 11.6 Å². The molecule has 0 radical (unpaired) electrons. The predicted octanol–water partition coefficient (Wildman–Crippen LogP) is 2.82. The highest BCUT2D eigenvalue weighted by Gasteiger charge is 2.06. The van der Waals surface area contributed by atoms with Crippen molar-refractivity contribution in [3.63, 3.8) is 0 Å². The first-order valence-electron chi connectivity index (χ1n) is 7.54. The summed E-state index contributed by atoms with van der Waals surface area (Å²) in [5.74, 6) is -0.105. The van der Waals surface area contributed by atoms with Gasteiger partial charge in [0, 0.05) is 32.0 Å². The molecule has 116 valence electrons. The zero-order chi connectivity index (χ0) is 15.9. The molecule has 2 rings (SSSR count). The molecule has 0 bridgehead atoms. The SMILES string of the molecule is Cc1cccc(C(=O)NCCCc2ccc(N(C)C)cc2)n1. The fourth-order valence-corrected chi connectivity index (χ4v) is 2.22. The van der Waals surface area contributed by atoms with Gasteiger partial charge in [-0.1, -0.05) is 18.2 Å². The maximum absolute atomic E-state index is 11.9. The van der Waals surface area contributed by atoms with Gasteiger partial charge in [-0.25, -0.2) is 4.98 Å². The zero-order valence-electron chi connectivity index (χ0n) is 13.5. The fourth-order valence-electron chi connectivity index (χ4n) is 2.22. The molecule has 0 fully saturated rings. The Morgan fingerprint density at radius 2 is 1.86 bits per heavy atom. The Kier molecular flexibility index (Phi) is 5.53. The van der Waals surface area contributed by atoms with E-state index in [4.69, 9.17) is 0 Å². The number of aryl methyl sites for hydroxylation is 2. The molecule has 0 atom stereocenters. The van der Waals surface area contributed by atoms with Crippen LogP contribution in [0, 0.1) is 6.92 Å². The van der Waals surface area contributed by atoms with E-state index < -0.39 is 0 Å². The van der Waals surface area contributed by atoms with Crippen LogP contribution in [0.1, 0.15) is 28.2 Å². The number of carbonyl (C=O) groups is 1. The quantitative estimate of drug-likeness (QED) is 0.834. The average Bonchev–Trinajstić information content (AvgIpc) is 2.51. The highest BCUT2D eigenvalue weighted by molar-refractivity contribution is 5.92. The third-order valence-electron chi connectivity index (χ3n) is 3.50. The van der Waals surface area contributed by atoms with Crippen LogP contribution in [0.4, 0.5) is 5.69 Å². The smallest absolute Gasteiger partial charge is 0.269 e. The lowest BCUT2D eigenvalue weighted by Crippen LogP contribution is -2.25. The van der Waals surface area contributed by atoms with Gasteiger partial charge < -0.3 is 10.2 Å². The second-order valence-corrected chi connectivity index (χ2v) is 5.58. The van der Waals surface area contributed by atoms with Gasteiger partial charge in [-0.2, -0.15) is 0 Å². The largest absolute Gasteiger partial charge is 0.378 e. The molecule has 1 amide bonds. The van der Waals surface area contributed by atoms with Crippen LogP contribution in [0.5, 0.6) is 0 Å². The van der Waals surface area contributed by atoms with Crippen molar-refractivity contribution < 1.29 is 4.79 Å². The van der Waals surface area contributed by atoms with E-state index >= 15 is 0 Å². The van der Waals surface area contributed by atoms with Crippen molar-refractivity contribution in [3.05, 3.63) is 59.4 Å². The van der Waals surface area contributed by atoms with E-state index in [0.29, 0.717) is 12.2 Å². The van der Waals surface area contributed by atoms with Crippen LogP contribution in [0.25, 0.3) is 0 Å². The molecule has 0 saturated heterocycles. The minimum absolute atomic E-state index is 0.105. The topological polar surface area (TPSA) is 45.2 Å². The molecule has 0 aliphatic rings. The number of hydrogen-bond acceptors (Lipinski definition) is 3. The van der Waals surface area contributed by atoms with E-state index in [0.717, 1.165) is 18.5 Å². The van der Waals surface area contributed by atoms with Gasteiger partial charge in [0.1, 0.15) is 5.69 Å². The highest BCUT2D eigenvalue weighted by Crippen LogP contribution is 2.13. The summed E-state index contributed by atoms with van der Waals surface area (Å²) in [7, 11) is 4.06. The Labute approximate surface area is 132 Å². The molecule has 4 nitrogen and oxygen atoms in total. The molecule has 2 aromatic rings. The first-order valence-corrected chi connectivity index (χ1v) is 7.54. The molecule has 0 aliphatic heterocycles. The molecule has 1 aromatic heterocycles. The Hall–Kier alpha value is -2.36. The zero-order valence-corrected chi connectivity index (χ0v) is 13.5. The van der Waals surface area contributed by atoms with Crippen LogP contribution in [-0.2, 0) is 6.42 Å². The lowest BCUT2D eigenvalue weighted by atomic mass is 10.1. The molecule has 1 heterocycles. The first kappa shape index (κ1) is 16.0. The number of aromatic nitrogens is 1. The maximum Gasteiger partial charge on any atom is 0.269 e. The number of anilines is 1. The summed E-state index contributed by atoms with van der Waals surface area (Å²) in [6, 6.07) is 14.0. The van der Waals surface area contributed by atoms with E-state index in [1.165, 1.54) is 11.3 Å². The molecule has 0 saturated carbocycles. The summed E-state index contributed by atoms with van der Waals surface area (Å²) < 4.78 is 0. The van der Waals surface area contributed by atoms with E-state index in [1.807, 2.05) is 33.2 Å². The monoisotopic (exact) mass is 297 g/mol. The number of carbonyl (C=O) groups excluding carboxylic acids is 1. The van der Waals surface area contributed by atoms with Crippen LogP contribution in [0.2, 0.25) is 0 Å². The molecule has 0 aliphatic carbocycles. The number of hydrogen-bond donors (Lipinski definition) is 1. The molecule has 0 spiro atoms. The molecule has 1 N–H and O–H groups in total. The van der Waals surface area contributed by atoms with Crippen LogP contribution in [0.3, 0.4) is 0 Å². The second-order valence-electron chi connectivity index (χ2n) is 5.58. The van der Waals surface area contributed by atoms with Gasteiger partial charge in [-0.15, -0.1) is 0 Å². The van der Waals surface area contributed by atoms with Crippen LogP contribution in [-0.4, -0.2) is 31.5 Å². The summed E-state index contributed by atoms with van der Waals surface area (Å²) in [5, 5.41) is 2.92. The van der Waals surface area contributed by atoms with E-state index in [1.54, 1.807) is 6.07 Å². The Morgan fingerprint density at radius 3 is 2.50 bits per heavy atom. The van der Waals surface area contributed by atoms with Gasteiger partial charge in [0.05, 0.1) is 0 Å². The van der Waals surface area contributed by atoms with Gasteiger partial charge in [0.2, 0.25) is 0 Å². The van der Waals surface area contributed by atoms with Crippen LogP contribution >= 0.6 is 0 Å². The lowest BCUT2D eigenvalue weighted by Gasteiger charge is -2.12. The third kappa shape index (κ3) is 4.58. The molecule has 4 heteroatoms. The summed E-state index contributed by atoms with van der Waals surface area (Å²) >= 11 is 0. The van der Waals surface area contributed by atoms with Crippen molar-refractivity contribution in [2.24, 2.45) is 0 Å². The molecule has 1 aromatic carbocycles. The van der Waals surface area contributed by atoms with Gasteiger partial charge >= 0.3 is 0 Å². The van der Waals surface area contributed by atoms with Crippen LogP contribution in [0.15, 0.2) is 42.5 Å². The fraction of sp³-hybridized carbons (Fsp3) is 0.333. The van der Waals surface area contributed by atoms with Crippen molar-refractivity contribution in [1.29, 1.82) is 0 Å². The van der Waals surface area contributed by atoms with E-state index in [9.17, 15) is 4.79 Å². The lowest BCUT2D eigenvalue weighted by molar-refractivity contribution is 0.0948. The molecule has 0 unspecified atom stereocenters. The number of nitrogens with one attached hydrogen (secondary N) is 1. The van der Waals surface area contributed by atoms with Crippen molar-refractivity contribution in [3.8, 4) is 0 Å². The average molecular weight is 297 g/mol. The normalized spacial score (nSPS) is 10.3. The van der Waals surface area contributed by atoms with Crippen molar-refractivity contribution in [1.82, 2.24) is 10.3 Å². The Bertz CT molecular complexity index is 620. The number of amides is 1. The van der Waals surface area contributed by atoms with Crippen molar-refractivity contribution in [2.75, 3.05) is 25.5 Å². The summed E-state index contributed by atoms with van der Waals surface area (Å²) in [5.41, 5.74) is 3.82. The molecule has 22 heavy (non-hydrogen) atoms. The number of benzene rings is 1. The first-order chi connectivity index (χ1) is 10.6. The van der Waals surface area contributed by atoms with Crippen molar-refractivity contribution in [2.45, 2.75) is 19.8 Å². The summed E-state index contributed by atoms with van der Waals surface area (Å²) in [4.78, 5) is 18.3. The minimum atomic E-state index is -0.105. The predicted molar refractivity (Wildman–Crippen MR) is 90.4 cm³/mol. The van der Waals surface area contributed by atoms with Crippen LogP contribution < -0.4 is 10.2 Å². The van der Waals surface area contributed by atoms with E-state index in [2.05, 4.69) is 39.5 Å². The minimum Gasteiger partial charge on any atom is -0.378 e. The maximum atomic E-state index is 11.9. The molecular formula is C18H23N3O. The number of rotatable bonds is 6. The number of nitrogens with zero attached hydrogens (tertiary/aromatic N) is 2. The summed E-state index contributed by atoms with van der Waals surface area (Å²) in [6.45, 7) is 2.54. The van der Waals surface area contributed by atoms with Gasteiger partial charge in [-0.3, -0.25) is 4.79 Å². The highest BCUT2D eigenvalue weighted by atomic mass is 16.1. The van der Waals surface area contributed by atoms with E-state index in [-0.39, 0.29) is 5.91 Å². The molecular weight excluding hydrogens is 274 g/mol. The van der Waals surface area contributed by atoms with Gasteiger partial charge in [0.25, 0.3) is 5.91 Å². The summed E-state index contributed by atoms with van der Waals surface area (Å²) in [6.07, 6.45) is 1.87. The second kappa shape index (κ2) is 7.59. The van der Waals surface area contributed by atoms with Gasteiger partial charge in [-0.05, 0) is 49.6 Å². The third-order valence-corrected chi connectivity index (χ3v) is 3.50. The standard InChI is InChI=1S/C18H23N3O/c1-14-6-4-8-17(20-14)18(22)19-13-5-7-15-9-11-16(12-10-15)21(2)3/h4,6,8-12H,5,7,13H2,1-3H3,(H,19,22).